The van der Waals surface area contributed by atoms with Gasteiger partial charge in [0.2, 0.25) is 0 Å². The fourth-order valence-corrected chi connectivity index (χ4v) is 1.31. The number of hydrogen-bond donors (Lipinski definition) is 2. The fourth-order valence-electron chi connectivity index (χ4n) is 0.793. The first kappa shape index (κ1) is 28.1. The van der Waals surface area contributed by atoms with Crippen LogP contribution in [0.5, 0.6) is 0 Å². The number of methoxy groups -OCH3 is 1. The number of rotatable bonds is 8. The van der Waals surface area contributed by atoms with Crippen molar-refractivity contribution in [1.29, 1.82) is 0 Å². The van der Waals surface area contributed by atoms with Crippen LogP contribution in [0.3, 0.4) is 0 Å². The molecule has 0 bridgehead atoms. The van der Waals surface area contributed by atoms with E-state index in [-0.39, 0.29) is 18.3 Å². The smallest absolute Gasteiger partial charge is 0.333 e. The van der Waals surface area contributed by atoms with Gasteiger partial charge in [-0.25, -0.2) is 9.59 Å². The van der Waals surface area contributed by atoms with Crippen LogP contribution in [-0.4, -0.2) is 57.2 Å². The van der Waals surface area contributed by atoms with Crippen molar-refractivity contribution >= 4 is 22.1 Å². The van der Waals surface area contributed by atoms with E-state index in [2.05, 4.69) is 27.4 Å². The summed E-state index contributed by atoms with van der Waals surface area (Å²) in [7, 11) is -2.21. The lowest BCUT2D eigenvalue weighted by molar-refractivity contribution is -0.163. The van der Waals surface area contributed by atoms with E-state index in [0.717, 1.165) is 6.08 Å². The summed E-state index contributed by atoms with van der Waals surface area (Å²) in [5.74, 6) is -0.975. The average Bonchev–Trinajstić information content (AvgIpc) is 2.52. The molecule has 25 heavy (non-hydrogen) atoms. The van der Waals surface area contributed by atoms with E-state index >= 15 is 0 Å². The van der Waals surface area contributed by atoms with Crippen molar-refractivity contribution in [3.8, 4) is 0 Å². The molecule has 0 saturated carbocycles. The Morgan fingerprint density at radius 1 is 1.36 bits per heavy atom. The zero-order valence-electron chi connectivity index (χ0n) is 15.2. The summed E-state index contributed by atoms with van der Waals surface area (Å²) < 4.78 is 41.4. The van der Waals surface area contributed by atoms with Crippen LogP contribution in [0.25, 0.3) is 0 Å². The van der Waals surface area contributed by atoms with Crippen molar-refractivity contribution in [1.82, 2.24) is 0 Å². The zero-order valence-corrected chi connectivity index (χ0v) is 16.0. The van der Waals surface area contributed by atoms with Gasteiger partial charge in [-0.05, 0) is 20.3 Å². The summed E-state index contributed by atoms with van der Waals surface area (Å²) >= 11 is 0. The third-order valence-corrected chi connectivity index (χ3v) is 2.87. The normalized spacial score (nSPS) is 10.8. The molecule has 3 N–H and O–H groups in total. The lowest BCUT2D eigenvalue weighted by atomic mass is 10.4. The molecule has 0 aliphatic carbocycles. The van der Waals surface area contributed by atoms with Crippen molar-refractivity contribution in [2.45, 2.75) is 33.5 Å². The molecule has 10 heteroatoms. The first-order chi connectivity index (χ1) is 11.4. The summed E-state index contributed by atoms with van der Waals surface area (Å²) in [5.41, 5.74) is 5.48. The second-order valence-electron chi connectivity index (χ2n) is 4.44. The van der Waals surface area contributed by atoms with E-state index in [9.17, 15) is 18.0 Å². The van der Waals surface area contributed by atoms with E-state index in [0.29, 0.717) is 18.5 Å². The minimum atomic E-state index is -3.67. The Morgan fingerprint density at radius 3 is 2.12 bits per heavy atom. The number of carbonyl (C=O) groups excluding carboxylic acids is 2. The molecular weight excluding hydrogens is 354 g/mol. The van der Waals surface area contributed by atoms with Crippen LogP contribution < -0.4 is 5.73 Å². The van der Waals surface area contributed by atoms with Crippen molar-refractivity contribution in [2.75, 3.05) is 26.0 Å². The highest BCUT2D eigenvalue weighted by Crippen LogP contribution is 1.91. The Balaban J connectivity index is -0.000000293. The molecule has 0 radical (unpaired) electrons. The fraction of sp³-hybridized carbons (Fsp3) is 0.600. The minimum absolute atomic E-state index is 0.132. The molecule has 1 unspecified atom stereocenters. The molecule has 0 aliphatic heterocycles. The number of esters is 2. The molecule has 0 aromatic rings. The van der Waals surface area contributed by atoms with Crippen LogP contribution in [-0.2, 0) is 33.9 Å². The van der Waals surface area contributed by atoms with Gasteiger partial charge in [-0.1, -0.05) is 20.1 Å². The minimum Gasteiger partial charge on any atom is -0.461 e. The van der Waals surface area contributed by atoms with Gasteiger partial charge in [-0.3, -0.25) is 4.55 Å². The molecule has 0 fully saturated rings. The maximum absolute atomic E-state index is 10.5. The van der Waals surface area contributed by atoms with Gasteiger partial charge < -0.3 is 19.9 Å². The van der Waals surface area contributed by atoms with Crippen LogP contribution >= 0.6 is 0 Å². The van der Waals surface area contributed by atoms with Gasteiger partial charge in [0, 0.05) is 25.3 Å². The monoisotopic (exact) mass is 383 g/mol. The van der Waals surface area contributed by atoms with E-state index in [1.165, 1.54) is 7.11 Å². The van der Waals surface area contributed by atoms with Gasteiger partial charge in [-0.15, -0.1) is 0 Å². The maximum Gasteiger partial charge on any atom is 0.333 e. The predicted octanol–water partition coefficient (Wildman–Crippen LogP) is 1.06. The van der Waals surface area contributed by atoms with E-state index < -0.39 is 22.4 Å². The SMILES string of the molecule is C=C(C)C(=O)OCCN.C=CC(=O)OC(C)OC.CCCS(=O)(=O)O. The van der Waals surface area contributed by atoms with Crippen LogP contribution in [0.1, 0.15) is 27.2 Å². The summed E-state index contributed by atoms with van der Waals surface area (Å²) in [6.45, 7) is 12.2. The molecule has 0 spiro atoms. The Morgan fingerprint density at radius 2 is 1.88 bits per heavy atom. The lowest BCUT2D eigenvalue weighted by Gasteiger charge is -2.07. The third kappa shape index (κ3) is 27.4. The maximum atomic E-state index is 10.5. The predicted molar refractivity (Wildman–Crippen MR) is 94.3 cm³/mol. The summed E-state index contributed by atoms with van der Waals surface area (Å²) in [6.07, 6.45) is 1.07. The molecule has 0 aromatic carbocycles. The number of hydrogen-bond acceptors (Lipinski definition) is 8. The van der Waals surface area contributed by atoms with Gasteiger partial charge >= 0.3 is 11.9 Å². The molecular formula is C15H29NO8S. The van der Waals surface area contributed by atoms with Gasteiger partial charge in [-0.2, -0.15) is 8.42 Å². The molecule has 1 atom stereocenters. The highest BCUT2D eigenvalue weighted by Gasteiger charge is 2.01. The third-order valence-electron chi connectivity index (χ3n) is 1.94. The van der Waals surface area contributed by atoms with Gasteiger partial charge in [0.05, 0.1) is 5.75 Å². The summed E-state index contributed by atoms with van der Waals surface area (Å²) in [5, 5.41) is 0. The molecule has 148 valence electrons. The second-order valence-corrected chi connectivity index (χ2v) is 6.01. The van der Waals surface area contributed by atoms with Gasteiger partial charge in [0.15, 0.2) is 6.29 Å². The van der Waals surface area contributed by atoms with E-state index in [1.54, 1.807) is 20.8 Å². The van der Waals surface area contributed by atoms with Crippen LogP contribution in [0.15, 0.2) is 24.8 Å². The van der Waals surface area contributed by atoms with Crippen LogP contribution in [0, 0.1) is 0 Å². The van der Waals surface area contributed by atoms with Crippen LogP contribution in [0.4, 0.5) is 0 Å². The Kier molecular flexibility index (Phi) is 19.2. The van der Waals surface area contributed by atoms with Gasteiger partial charge in [0.1, 0.15) is 6.61 Å². The number of nitrogens with two attached hydrogens (primary N) is 1. The molecule has 0 aromatic heterocycles. The molecule has 9 nitrogen and oxygen atoms in total. The average molecular weight is 383 g/mol. The van der Waals surface area contributed by atoms with Crippen molar-refractivity contribution in [3.63, 3.8) is 0 Å². The molecule has 0 amide bonds. The second kappa shape index (κ2) is 17.1. The summed E-state index contributed by atoms with van der Waals surface area (Å²) in [4.78, 5) is 20.9. The van der Waals surface area contributed by atoms with Crippen LogP contribution in [0.2, 0.25) is 0 Å². The Labute approximate surface area is 149 Å². The van der Waals surface area contributed by atoms with Crippen molar-refractivity contribution in [3.05, 3.63) is 24.8 Å². The quantitative estimate of drug-likeness (QED) is 0.272. The lowest BCUT2D eigenvalue weighted by Crippen LogP contribution is -2.14. The number of carbonyl (C=O) groups is 2. The highest BCUT2D eigenvalue weighted by molar-refractivity contribution is 7.85. The van der Waals surface area contributed by atoms with Gasteiger partial charge in [0.25, 0.3) is 10.1 Å². The Hall–Kier alpha value is -1.75. The van der Waals surface area contributed by atoms with E-state index in [1.807, 2.05) is 0 Å². The molecule has 0 heterocycles. The molecule has 0 rings (SSSR count). The van der Waals surface area contributed by atoms with Crippen molar-refractivity contribution < 1.29 is 36.8 Å². The largest absolute Gasteiger partial charge is 0.461 e. The highest BCUT2D eigenvalue weighted by atomic mass is 32.2. The van der Waals surface area contributed by atoms with E-state index in [4.69, 9.17) is 10.3 Å². The Bertz CT molecular complexity index is 502. The summed E-state index contributed by atoms with van der Waals surface area (Å²) in [6, 6.07) is 0. The standard InChI is InChI=1S/C6H11NO2.C6H10O3.C3H8O3S/c1-5(2)6(8)9-4-3-7;1-4-6(7)9-5(2)8-3;1-2-3-7(4,5)6/h1,3-4,7H2,2H3;4-5H,1H2,2-3H3;2-3H2,1H3,(H,4,5,6). The molecule has 0 aliphatic rings. The topological polar surface area (TPSA) is 142 Å². The zero-order chi connectivity index (χ0) is 20.5. The first-order valence-corrected chi connectivity index (χ1v) is 8.89. The first-order valence-electron chi connectivity index (χ1n) is 7.28. The molecule has 0 saturated heterocycles. The number of ether oxygens (including phenoxy) is 3. The van der Waals surface area contributed by atoms with Crippen molar-refractivity contribution in [2.24, 2.45) is 5.73 Å².